The number of amidine groups is 1. The molecule has 3 aliphatic rings. The molecule has 36 heavy (non-hydrogen) atoms. The molecule has 1 amide bonds. The van der Waals surface area contributed by atoms with Gasteiger partial charge in [-0.05, 0) is 61.6 Å². The topological polar surface area (TPSA) is 95.4 Å². The van der Waals surface area contributed by atoms with Gasteiger partial charge in [0.25, 0.3) is 5.91 Å². The third-order valence-electron chi connectivity index (χ3n) is 6.88. The molecule has 7 rings (SSSR count). The van der Waals surface area contributed by atoms with Crippen LogP contribution in [0.3, 0.4) is 0 Å². The molecule has 2 fully saturated rings. The second kappa shape index (κ2) is 8.41. The number of amides is 1. The van der Waals surface area contributed by atoms with Crippen LogP contribution in [0.4, 0.5) is 5.82 Å². The minimum atomic E-state index is -0.310. The molecule has 0 bridgehead atoms. The monoisotopic (exact) mass is 475 g/mol. The average molecular weight is 476 g/mol. The van der Waals surface area contributed by atoms with Gasteiger partial charge in [0.05, 0.1) is 5.52 Å². The zero-order valence-corrected chi connectivity index (χ0v) is 19.7. The Morgan fingerprint density at radius 3 is 2.67 bits per heavy atom. The molecule has 2 aliphatic carbocycles. The largest absolute Gasteiger partial charge is 0.348 e. The molecule has 1 aliphatic heterocycles. The van der Waals surface area contributed by atoms with Crippen molar-refractivity contribution in [3.63, 3.8) is 0 Å². The number of carbonyl (C=O) groups is 1. The van der Waals surface area contributed by atoms with Gasteiger partial charge in [0.15, 0.2) is 5.84 Å². The smallest absolute Gasteiger partial charge is 0.275 e. The Kier molecular flexibility index (Phi) is 4.90. The first kappa shape index (κ1) is 21.0. The number of pyridine rings is 3. The number of benzene rings is 1. The van der Waals surface area contributed by atoms with Crippen LogP contribution < -0.4 is 10.6 Å². The molecule has 0 spiro atoms. The van der Waals surface area contributed by atoms with Crippen LogP contribution in [-0.4, -0.2) is 44.4 Å². The van der Waals surface area contributed by atoms with E-state index in [1.54, 1.807) is 6.07 Å². The Balaban J connectivity index is 1.18. The van der Waals surface area contributed by atoms with E-state index >= 15 is 0 Å². The van der Waals surface area contributed by atoms with Crippen LogP contribution in [0, 0.1) is 0 Å². The van der Waals surface area contributed by atoms with E-state index in [4.69, 9.17) is 0 Å². The van der Waals surface area contributed by atoms with E-state index in [-0.39, 0.29) is 5.91 Å². The fourth-order valence-corrected chi connectivity index (χ4v) is 4.61. The second-order valence-electron chi connectivity index (χ2n) is 9.63. The Morgan fingerprint density at radius 1 is 0.972 bits per heavy atom. The SMILES string of the molecule is O=C(Nc1cccc(C2=NN(C3CC3)CN2)n1)c1cc(-c2ccc(C3CC3)nc2)c2ccccc2n1. The van der Waals surface area contributed by atoms with Gasteiger partial charge in [0.1, 0.15) is 23.9 Å². The number of hydrogen-bond donors (Lipinski definition) is 2. The summed E-state index contributed by atoms with van der Waals surface area (Å²) < 4.78 is 0. The summed E-state index contributed by atoms with van der Waals surface area (Å²) in [5.41, 5.74) is 4.84. The van der Waals surface area contributed by atoms with Crippen molar-refractivity contribution >= 4 is 28.5 Å². The summed E-state index contributed by atoms with van der Waals surface area (Å²) in [6, 6.07) is 20.0. The standard InChI is InChI=1S/C28H25N7O/c36-28(33-26-7-3-6-24(32-26)27-30-16-35(34-27)19-11-12-19)25-14-21(20-4-1-2-5-23(20)31-25)18-10-13-22(29-15-18)17-8-9-17/h1-7,10,13-15,17,19H,8-9,11-12,16H2,(H,30,34)(H,32,33,36). The molecule has 1 aromatic carbocycles. The third kappa shape index (κ3) is 4.04. The molecule has 0 radical (unpaired) electrons. The lowest BCUT2D eigenvalue weighted by molar-refractivity contribution is 0.102. The Labute approximate surface area is 208 Å². The van der Waals surface area contributed by atoms with Crippen molar-refractivity contribution in [2.75, 3.05) is 12.0 Å². The van der Waals surface area contributed by atoms with Crippen LogP contribution in [0.2, 0.25) is 0 Å². The van der Waals surface area contributed by atoms with Crippen LogP contribution >= 0.6 is 0 Å². The molecule has 4 heterocycles. The van der Waals surface area contributed by atoms with Gasteiger partial charge >= 0.3 is 0 Å². The van der Waals surface area contributed by atoms with Crippen molar-refractivity contribution in [3.05, 3.63) is 83.9 Å². The highest BCUT2D eigenvalue weighted by atomic mass is 16.1. The van der Waals surface area contributed by atoms with Crippen LogP contribution in [0.1, 0.15) is 53.5 Å². The summed E-state index contributed by atoms with van der Waals surface area (Å²) in [4.78, 5) is 27.2. The zero-order chi connectivity index (χ0) is 24.1. The summed E-state index contributed by atoms with van der Waals surface area (Å²) in [5, 5.41) is 13.9. The number of carbonyl (C=O) groups excluding carboxylic acids is 1. The number of fused-ring (bicyclic) bond motifs is 1. The van der Waals surface area contributed by atoms with Crippen molar-refractivity contribution in [2.24, 2.45) is 5.10 Å². The average Bonchev–Trinajstić information content (AvgIpc) is 3.87. The van der Waals surface area contributed by atoms with Crippen molar-refractivity contribution in [3.8, 4) is 11.1 Å². The highest BCUT2D eigenvalue weighted by Gasteiger charge is 2.31. The Hall–Kier alpha value is -4.33. The van der Waals surface area contributed by atoms with E-state index in [0.717, 1.165) is 33.6 Å². The first-order valence-electron chi connectivity index (χ1n) is 12.5. The van der Waals surface area contributed by atoms with E-state index in [2.05, 4.69) is 47.8 Å². The number of nitrogens with one attached hydrogen (secondary N) is 2. The van der Waals surface area contributed by atoms with Crippen molar-refractivity contribution < 1.29 is 4.79 Å². The maximum absolute atomic E-state index is 13.3. The Morgan fingerprint density at radius 2 is 1.86 bits per heavy atom. The second-order valence-corrected chi connectivity index (χ2v) is 9.63. The third-order valence-corrected chi connectivity index (χ3v) is 6.88. The van der Waals surface area contributed by atoms with Gasteiger partial charge in [-0.15, -0.1) is 0 Å². The number of anilines is 1. The molecule has 0 saturated heterocycles. The zero-order valence-electron chi connectivity index (χ0n) is 19.7. The number of nitrogens with zero attached hydrogens (tertiary/aromatic N) is 5. The lowest BCUT2D eigenvalue weighted by Gasteiger charge is -2.11. The van der Waals surface area contributed by atoms with E-state index in [1.165, 1.54) is 25.7 Å². The molecule has 4 aromatic rings. The first-order valence-corrected chi connectivity index (χ1v) is 12.5. The molecule has 3 aromatic heterocycles. The first-order chi connectivity index (χ1) is 17.7. The number of hydrogen-bond acceptors (Lipinski definition) is 7. The van der Waals surface area contributed by atoms with Crippen molar-refractivity contribution in [2.45, 2.75) is 37.6 Å². The van der Waals surface area contributed by atoms with Gasteiger partial charge in [-0.2, -0.15) is 5.10 Å². The quantitative estimate of drug-likeness (QED) is 0.426. The summed E-state index contributed by atoms with van der Waals surface area (Å²) in [6.07, 6.45) is 6.70. The minimum absolute atomic E-state index is 0.310. The fraction of sp³-hybridized carbons (Fsp3) is 0.250. The number of aromatic nitrogens is 3. The van der Waals surface area contributed by atoms with Gasteiger partial charge in [-0.25, -0.2) is 9.97 Å². The highest BCUT2D eigenvalue weighted by molar-refractivity contribution is 6.07. The maximum atomic E-state index is 13.3. The van der Waals surface area contributed by atoms with Crippen LogP contribution in [0.15, 0.2) is 72.0 Å². The number of rotatable bonds is 6. The van der Waals surface area contributed by atoms with Gasteiger partial charge in [0, 0.05) is 34.8 Å². The predicted molar refractivity (Wildman–Crippen MR) is 139 cm³/mol. The lowest BCUT2D eigenvalue weighted by atomic mass is 10.0. The maximum Gasteiger partial charge on any atom is 0.275 e. The highest BCUT2D eigenvalue weighted by Crippen LogP contribution is 2.39. The van der Waals surface area contributed by atoms with Crippen LogP contribution in [0.5, 0.6) is 0 Å². The lowest BCUT2D eigenvalue weighted by Crippen LogP contribution is -2.26. The van der Waals surface area contributed by atoms with E-state index in [0.29, 0.717) is 35.8 Å². The molecule has 2 N–H and O–H groups in total. The minimum Gasteiger partial charge on any atom is -0.348 e. The molecular formula is C28H25N7O. The molecule has 178 valence electrons. The van der Waals surface area contributed by atoms with Gasteiger partial charge in [-0.3, -0.25) is 14.8 Å². The van der Waals surface area contributed by atoms with E-state index in [1.807, 2.05) is 48.7 Å². The van der Waals surface area contributed by atoms with Crippen LogP contribution in [-0.2, 0) is 0 Å². The van der Waals surface area contributed by atoms with E-state index < -0.39 is 0 Å². The predicted octanol–water partition coefficient (Wildman–Crippen LogP) is 4.51. The molecule has 0 atom stereocenters. The summed E-state index contributed by atoms with van der Waals surface area (Å²) in [7, 11) is 0. The van der Waals surface area contributed by atoms with Gasteiger partial charge < -0.3 is 10.6 Å². The van der Waals surface area contributed by atoms with Crippen molar-refractivity contribution in [1.82, 2.24) is 25.3 Å². The molecule has 0 unspecified atom stereocenters. The summed E-state index contributed by atoms with van der Waals surface area (Å²) in [6.45, 7) is 0.693. The van der Waals surface area contributed by atoms with E-state index in [9.17, 15) is 4.79 Å². The molecule has 8 heteroatoms. The fourth-order valence-electron chi connectivity index (χ4n) is 4.61. The van der Waals surface area contributed by atoms with Gasteiger partial charge in [-0.1, -0.05) is 30.3 Å². The number of para-hydroxylation sites is 1. The Bertz CT molecular complexity index is 1510. The number of hydrazone groups is 1. The summed E-state index contributed by atoms with van der Waals surface area (Å²) >= 11 is 0. The van der Waals surface area contributed by atoms with Crippen LogP contribution in [0.25, 0.3) is 22.0 Å². The normalized spacial score (nSPS) is 17.1. The summed E-state index contributed by atoms with van der Waals surface area (Å²) in [5.74, 6) is 1.47. The van der Waals surface area contributed by atoms with Gasteiger partial charge in [0.2, 0.25) is 0 Å². The molecular weight excluding hydrogens is 450 g/mol. The van der Waals surface area contributed by atoms with Crippen molar-refractivity contribution in [1.29, 1.82) is 0 Å². The molecule has 8 nitrogen and oxygen atoms in total. The molecule has 2 saturated carbocycles.